The van der Waals surface area contributed by atoms with Crippen LogP contribution in [0.3, 0.4) is 0 Å². The third kappa shape index (κ3) is 0.839. The second-order valence-electron chi connectivity index (χ2n) is 3.00. The van der Waals surface area contributed by atoms with E-state index in [-0.39, 0.29) is 0 Å². The molecule has 3 aromatic rings. The average Bonchev–Trinajstić information content (AvgIpc) is 2.65. The van der Waals surface area contributed by atoms with Gasteiger partial charge in [0.25, 0.3) is 0 Å². The molecule has 3 heteroatoms. The quantitative estimate of drug-likeness (QED) is 0.560. The van der Waals surface area contributed by atoms with E-state index < -0.39 is 0 Å². The molecule has 2 aromatic heterocycles. The fourth-order valence-electron chi connectivity index (χ4n) is 1.58. The van der Waals surface area contributed by atoms with Gasteiger partial charge >= 0.3 is 0 Å². The second kappa shape index (κ2) is 2.29. The van der Waals surface area contributed by atoms with Gasteiger partial charge in [-0.25, -0.2) is 0 Å². The van der Waals surface area contributed by atoms with E-state index >= 15 is 0 Å². The summed E-state index contributed by atoms with van der Waals surface area (Å²) in [5.41, 5.74) is 1.08. The molecular weight excluding hydrogens is 162 g/mol. The monoisotopic (exact) mass is 169 g/mol. The number of aromatic amines is 1. The van der Waals surface area contributed by atoms with Crippen molar-refractivity contribution in [3.63, 3.8) is 0 Å². The number of nitrogens with one attached hydrogen (secondary N) is 1. The Hall–Kier alpha value is -1.90. The summed E-state index contributed by atoms with van der Waals surface area (Å²) in [6.45, 7) is 0. The Kier molecular flexibility index (Phi) is 1.16. The minimum atomic E-state index is 1.08. The first-order valence-electron chi connectivity index (χ1n) is 4.11. The Bertz CT molecular complexity index is 568. The van der Waals surface area contributed by atoms with Crippen molar-refractivity contribution in [3.8, 4) is 0 Å². The van der Waals surface area contributed by atoms with Gasteiger partial charge in [0.1, 0.15) is 0 Å². The maximum Gasteiger partial charge on any atom is 0.0729 e. The predicted octanol–water partition coefficient (Wildman–Crippen LogP) is 2.11. The van der Waals surface area contributed by atoms with E-state index in [1.54, 1.807) is 6.20 Å². The summed E-state index contributed by atoms with van der Waals surface area (Å²) in [5, 5.41) is 10.4. The van der Waals surface area contributed by atoms with Crippen LogP contribution in [0.5, 0.6) is 0 Å². The van der Waals surface area contributed by atoms with Gasteiger partial charge in [0.15, 0.2) is 0 Å². The maximum atomic E-state index is 4.07. The maximum absolute atomic E-state index is 4.07. The number of aromatic nitrogens is 3. The minimum Gasteiger partial charge on any atom is -0.277 e. The third-order valence-electron chi connectivity index (χ3n) is 2.23. The van der Waals surface area contributed by atoms with Crippen molar-refractivity contribution < 1.29 is 0 Å². The van der Waals surface area contributed by atoms with Gasteiger partial charge < -0.3 is 0 Å². The van der Waals surface area contributed by atoms with E-state index in [1.165, 1.54) is 5.39 Å². The molecule has 0 amide bonds. The zero-order valence-corrected chi connectivity index (χ0v) is 6.86. The van der Waals surface area contributed by atoms with Gasteiger partial charge in [-0.3, -0.25) is 10.1 Å². The van der Waals surface area contributed by atoms with Crippen molar-refractivity contribution >= 4 is 21.7 Å². The second-order valence-corrected chi connectivity index (χ2v) is 3.00. The lowest BCUT2D eigenvalue weighted by Gasteiger charge is -1.96. The molecule has 13 heavy (non-hydrogen) atoms. The fourth-order valence-corrected chi connectivity index (χ4v) is 1.58. The van der Waals surface area contributed by atoms with Crippen molar-refractivity contribution in [1.29, 1.82) is 0 Å². The summed E-state index contributed by atoms with van der Waals surface area (Å²) in [6.07, 6.45) is 5.48. The number of rotatable bonds is 0. The first-order chi connectivity index (χ1) is 6.45. The van der Waals surface area contributed by atoms with E-state index in [2.05, 4.69) is 21.2 Å². The molecule has 3 nitrogen and oxygen atoms in total. The zero-order valence-electron chi connectivity index (χ0n) is 6.86. The Morgan fingerprint density at radius 1 is 1.00 bits per heavy atom. The molecule has 3 rings (SSSR count). The van der Waals surface area contributed by atoms with Crippen LogP contribution in [0.25, 0.3) is 21.7 Å². The predicted molar refractivity (Wildman–Crippen MR) is 51.4 cm³/mol. The Balaban J connectivity index is 2.65. The van der Waals surface area contributed by atoms with Crippen LogP contribution in [0.2, 0.25) is 0 Å². The van der Waals surface area contributed by atoms with E-state index in [1.807, 2.05) is 24.5 Å². The first kappa shape index (κ1) is 6.60. The zero-order chi connectivity index (χ0) is 8.67. The molecular formula is C10H7N3. The third-order valence-corrected chi connectivity index (χ3v) is 2.23. The molecule has 0 saturated carbocycles. The molecule has 0 aliphatic carbocycles. The van der Waals surface area contributed by atoms with Crippen LogP contribution in [0, 0.1) is 0 Å². The first-order valence-corrected chi connectivity index (χ1v) is 4.11. The van der Waals surface area contributed by atoms with Crippen molar-refractivity contribution in [2.45, 2.75) is 0 Å². The Labute approximate surface area is 74.4 Å². The number of hydrogen-bond donors (Lipinski definition) is 1. The van der Waals surface area contributed by atoms with Crippen LogP contribution in [-0.4, -0.2) is 15.2 Å². The van der Waals surface area contributed by atoms with Crippen LogP contribution in [0.15, 0.2) is 36.8 Å². The molecule has 0 unspecified atom stereocenters. The van der Waals surface area contributed by atoms with Crippen LogP contribution in [0.1, 0.15) is 0 Å². The lowest BCUT2D eigenvalue weighted by molar-refractivity contribution is 1.12. The van der Waals surface area contributed by atoms with Crippen molar-refractivity contribution in [2.75, 3.05) is 0 Å². The van der Waals surface area contributed by atoms with Crippen molar-refractivity contribution in [1.82, 2.24) is 15.2 Å². The molecule has 2 heterocycles. The van der Waals surface area contributed by atoms with E-state index in [9.17, 15) is 0 Å². The minimum absolute atomic E-state index is 1.08. The van der Waals surface area contributed by atoms with Crippen molar-refractivity contribution in [3.05, 3.63) is 36.8 Å². The summed E-state index contributed by atoms with van der Waals surface area (Å²) >= 11 is 0. The van der Waals surface area contributed by atoms with E-state index in [4.69, 9.17) is 0 Å². The van der Waals surface area contributed by atoms with E-state index in [0.717, 1.165) is 16.3 Å². The average molecular weight is 169 g/mol. The summed E-state index contributed by atoms with van der Waals surface area (Å²) < 4.78 is 0. The molecule has 0 radical (unpaired) electrons. The molecule has 0 saturated heterocycles. The molecule has 1 aromatic carbocycles. The molecule has 0 spiro atoms. The lowest BCUT2D eigenvalue weighted by atomic mass is 10.1. The summed E-state index contributed by atoms with van der Waals surface area (Å²) in [7, 11) is 0. The fraction of sp³-hybridized carbons (Fsp3) is 0. The normalized spacial score (nSPS) is 11.1. The largest absolute Gasteiger partial charge is 0.277 e. The molecule has 0 atom stereocenters. The number of pyridine rings is 1. The molecule has 1 N–H and O–H groups in total. The van der Waals surface area contributed by atoms with Crippen LogP contribution < -0.4 is 0 Å². The highest BCUT2D eigenvalue weighted by molar-refractivity contribution is 6.04. The van der Waals surface area contributed by atoms with E-state index in [0.29, 0.717) is 0 Å². The summed E-state index contributed by atoms with van der Waals surface area (Å²) in [5.74, 6) is 0. The standard InChI is InChI=1S/C10H7N3/c1-2-8-6-12-13-10(8)9-3-4-11-5-7(1)9/h1-6H,(H,12,13). The number of nitrogens with zero attached hydrogens (tertiary/aromatic N) is 2. The Morgan fingerprint density at radius 2 is 1.92 bits per heavy atom. The molecule has 0 fully saturated rings. The van der Waals surface area contributed by atoms with Crippen molar-refractivity contribution in [2.24, 2.45) is 0 Å². The van der Waals surface area contributed by atoms with Gasteiger partial charge in [0.2, 0.25) is 0 Å². The van der Waals surface area contributed by atoms with Gasteiger partial charge in [-0.1, -0.05) is 12.1 Å². The van der Waals surface area contributed by atoms with Gasteiger partial charge in [-0.15, -0.1) is 0 Å². The topological polar surface area (TPSA) is 41.6 Å². The molecule has 62 valence electrons. The smallest absolute Gasteiger partial charge is 0.0729 e. The highest BCUT2D eigenvalue weighted by Crippen LogP contribution is 2.21. The number of H-pyrrole nitrogens is 1. The number of hydrogen-bond acceptors (Lipinski definition) is 2. The lowest BCUT2D eigenvalue weighted by Crippen LogP contribution is -1.76. The van der Waals surface area contributed by atoms with Gasteiger partial charge in [0.05, 0.1) is 11.7 Å². The summed E-state index contributed by atoms with van der Waals surface area (Å²) in [6, 6.07) is 6.10. The van der Waals surface area contributed by atoms with Crippen LogP contribution in [-0.2, 0) is 0 Å². The SMILES string of the molecule is c1cc2c(ccc3cn[nH]c32)cn1. The highest BCUT2D eigenvalue weighted by Gasteiger charge is 2.00. The number of benzene rings is 1. The number of fused-ring (bicyclic) bond motifs is 3. The highest BCUT2D eigenvalue weighted by atomic mass is 15.1. The molecule has 0 bridgehead atoms. The summed E-state index contributed by atoms with van der Waals surface area (Å²) in [4.78, 5) is 4.07. The molecule has 0 aliphatic rings. The van der Waals surface area contributed by atoms with Gasteiger partial charge in [-0.2, -0.15) is 5.10 Å². The van der Waals surface area contributed by atoms with Gasteiger partial charge in [0, 0.05) is 28.6 Å². The van der Waals surface area contributed by atoms with Crippen LogP contribution >= 0.6 is 0 Å². The van der Waals surface area contributed by atoms with Crippen LogP contribution in [0.4, 0.5) is 0 Å². The Morgan fingerprint density at radius 3 is 2.92 bits per heavy atom. The molecule has 0 aliphatic heterocycles. The van der Waals surface area contributed by atoms with Gasteiger partial charge in [-0.05, 0) is 6.07 Å².